The molecule has 7 atom stereocenters. The molecule has 1 aliphatic heterocycles. The molecule has 1 saturated heterocycles. The van der Waals surface area contributed by atoms with Crippen molar-refractivity contribution in [1.29, 1.82) is 0 Å². The number of hydrogen-bond acceptors (Lipinski definition) is 8. The molecular weight excluding hydrogens is 1090 g/mol. The minimum absolute atomic E-state index is 0.193. The van der Waals surface area contributed by atoms with Gasteiger partial charge in [0.1, 0.15) is 24.4 Å². The first-order valence-electron chi connectivity index (χ1n) is 36.8. The number of aliphatic hydroxyl groups excluding tert-OH is 5. The van der Waals surface area contributed by atoms with E-state index in [0.29, 0.717) is 6.42 Å². The van der Waals surface area contributed by atoms with Crippen molar-refractivity contribution in [3.8, 4) is 0 Å². The molecule has 88 heavy (non-hydrogen) atoms. The first-order chi connectivity index (χ1) is 43.3. The van der Waals surface area contributed by atoms with Gasteiger partial charge in [-0.15, -0.1) is 0 Å². The van der Waals surface area contributed by atoms with Gasteiger partial charge in [-0.3, -0.25) is 4.79 Å². The summed E-state index contributed by atoms with van der Waals surface area (Å²) in [4.78, 5) is 13.1. The number of carbonyl (C=O) groups excluding carboxylic acids is 1. The van der Waals surface area contributed by atoms with Gasteiger partial charge in [0.15, 0.2) is 6.29 Å². The standard InChI is InChI=1S/C79H137NO8/c1-3-5-7-9-11-13-15-17-19-21-23-25-27-29-31-33-35-36-37-38-39-41-43-45-47-49-51-53-55-57-59-61-63-65-67-69-75(83)80-72(71-87-79-78(86)77(85)76(84)74(70-81)88-79)73(82)68-66-64-62-60-58-56-54-52-50-48-46-44-42-40-34-32-30-28-26-24-22-20-18-16-14-12-10-8-6-4-2/h5,7,11,13,17,19,23,25,29,31,35-36,38-39,43,45,58,60,66,68,72-74,76-79,81-82,84-86H,3-4,6,8-10,12,14-16,18,20-22,24,26-28,30,32-34,37,40-42,44,46-57,59,61-65,67,69-71H2,1-2H3,(H,80,83)/b7-5-,13-11-,19-17-,25-23-,31-29-,36-35-,39-38-,45-43-,60-58+,68-66+. The summed E-state index contributed by atoms with van der Waals surface area (Å²) in [5.41, 5.74) is 0. The summed E-state index contributed by atoms with van der Waals surface area (Å²) >= 11 is 0. The fourth-order valence-corrected chi connectivity index (χ4v) is 11.1. The summed E-state index contributed by atoms with van der Waals surface area (Å²) in [5.74, 6) is -0.193. The Morgan fingerprint density at radius 2 is 0.716 bits per heavy atom. The van der Waals surface area contributed by atoms with E-state index in [2.05, 4.69) is 129 Å². The monoisotopic (exact) mass is 1230 g/mol. The number of amides is 1. The van der Waals surface area contributed by atoms with Crippen LogP contribution in [0.15, 0.2) is 122 Å². The highest BCUT2D eigenvalue weighted by Crippen LogP contribution is 2.23. The van der Waals surface area contributed by atoms with Crippen LogP contribution in [0.3, 0.4) is 0 Å². The van der Waals surface area contributed by atoms with E-state index in [9.17, 15) is 30.3 Å². The predicted molar refractivity (Wildman–Crippen MR) is 377 cm³/mol. The van der Waals surface area contributed by atoms with Gasteiger partial charge in [0.05, 0.1) is 25.4 Å². The van der Waals surface area contributed by atoms with E-state index in [1.165, 1.54) is 193 Å². The quantitative estimate of drug-likeness (QED) is 0.0261. The second kappa shape index (κ2) is 66.5. The fourth-order valence-electron chi connectivity index (χ4n) is 11.1. The number of nitrogens with one attached hydrogen (secondary N) is 1. The summed E-state index contributed by atoms with van der Waals surface area (Å²) < 4.78 is 11.3. The molecule has 0 bridgehead atoms. The molecule has 1 aliphatic rings. The van der Waals surface area contributed by atoms with Gasteiger partial charge in [0.25, 0.3) is 0 Å². The number of ether oxygens (including phenoxy) is 2. The number of carbonyl (C=O) groups is 1. The molecule has 0 aliphatic carbocycles. The molecule has 1 heterocycles. The number of aliphatic hydroxyl groups is 5. The normalized spacial score (nSPS) is 18.6. The van der Waals surface area contributed by atoms with Crippen LogP contribution in [0.25, 0.3) is 0 Å². The minimum atomic E-state index is -1.58. The van der Waals surface area contributed by atoms with Gasteiger partial charge < -0.3 is 40.3 Å². The van der Waals surface area contributed by atoms with Gasteiger partial charge in [-0.1, -0.05) is 334 Å². The van der Waals surface area contributed by atoms with Crippen molar-refractivity contribution in [2.24, 2.45) is 0 Å². The zero-order valence-corrected chi connectivity index (χ0v) is 56.7. The van der Waals surface area contributed by atoms with Crippen LogP contribution < -0.4 is 5.32 Å². The van der Waals surface area contributed by atoms with Crippen molar-refractivity contribution in [3.05, 3.63) is 122 Å². The zero-order valence-electron chi connectivity index (χ0n) is 56.7. The Morgan fingerprint density at radius 1 is 0.398 bits per heavy atom. The second-order valence-electron chi connectivity index (χ2n) is 25.0. The number of rotatable bonds is 63. The molecule has 1 rings (SSSR count). The highest BCUT2D eigenvalue weighted by atomic mass is 16.7. The van der Waals surface area contributed by atoms with E-state index in [-0.39, 0.29) is 12.5 Å². The lowest BCUT2D eigenvalue weighted by atomic mass is 9.99. The lowest BCUT2D eigenvalue weighted by molar-refractivity contribution is -0.302. The molecule has 0 aromatic carbocycles. The van der Waals surface area contributed by atoms with Crippen molar-refractivity contribution < 1.29 is 39.8 Å². The van der Waals surface area contributed by atoms with Crippen LogP contribution in [0.5, 0.6) is 0 Å². The van der Waals surface area contributed by atoms with Gasteiger partial charge in [0, 0.05) is 6.42 Å². The Bertz CT molecular complexity index is 1810. The van der Waals surface area contributed by atoms with Crippen LogP contribution in [0.1, 0.15) is 316 Å². The average Bonchev–Trinajstić information content (AvgIpc) is 3.65. The highest BCUT2D eigenvalue weighted by Gasteiger charge is 2.44. The summed E-state index contributed by atoms with van der Waals surface area (Å²) in [5, 5.41) is 54.8. The molecule has 0 radical (unpaired) electrons. The highest BCUT2D eigenvalue weighted by molar-refractivity contribution is 5.76. The van der Waals surface area contributed by atoms with Crippen LogP contribution in [0.2, 0.25) is 0 Å². The van der Waals surface area contributed by atoms with Crippen LogP contribution in [-0.2, 0) is 14.3 Å². The van der Waals surface area contributed by atoms with Gasteiger partial charge in [-0.05, 0) is 96.3 Å². The summed E-state index contributed by atoms with van der Waals surface area (Å²) in [7, 11) is 0. The smallest absolute Gasteiger partial charge is 0.220 e. The Kier molecular flexibility index (Phi) is 62.4. The third-order valence-corrected chi connectivity index (χ3v) is 16.8. The average molecular weight is 1230 g/mol. The van der Waals surface area contributed by atoms with Crippen LogP contribution in [-0.4, -0.2) is 87.5 Å². The van der Waals surface area contributed by atoms with Crippen molar-refractivity contribution in [3.63, 3.8) is 0 Å². The molecule has 7 unspecified atom stereocenters. The third-order valence-electron chi connectivity index (χ3n) is 16.8. The molecule has 9 nitrogen and oxygen atoms in total. The van der Waals surface area contributed by atoms with Crippen LogP contribution >= 0.6 is 0 Å². The van der Waals surface area contributed by atoms with E-state index in [1.807, 2.05) is 6.08 Å². The topological polar surface area (TPSA) is 149 Å². The molecule has 1 fully saturated rings. The molecule has 0 aromatic rings. The second-order valence-corrected chi connectivity index (χ2v) is 25.0. The molecule has 6 N–H and O–H groups in total. The van der Waals surface area contributed by atoms with Crippen molar-refractivity contribution in [1.82, 2.24) is 5.32 Å². The molecule has 0 aromatic heterocycles. The maximum absolute atomic E-state index is 13.1. The minimum Gasteiger partial charge on any atom is -0.394 e. The van der Waals surface area contributed by atoms with E-state index >= 15 is 0 Å². The molecular formula is C79H137NO8. The first kappa shape index (κ1) is 82.6. The van der Waals surface area contributed by atoms with Crippen molar-refractivity contribution in [2.45, 2.75) is 358 Å². The van der Waals surface area contributed by atoms with E-state index in [0.717, 1.165) is 103 Å². The zero-order chi connectivity index (χ0) is 63.5. The third kappa shape index (κ3) is 54.3. The van der Waals surface area contributed by atoms with Crippen molar-refractivity contribution >= 4 is 5.91 Å². The van der Waals surface area contributed by atoms with Crippen LogP contribution in [0.4, 0.5) is 0 Å². The lowest BCUT2D eigenvalue weighted by Gasteiger charge is -2.40. The predicted octanol–water partition coefficient (Wildman–Crippen LogP) is 20.6. The van der Waals surface area contributed by atoms with Gasteiger partial charge in [-0.25, -0.2) is 0 Å². The Hall–Kier alpha value is -3.41. The summed E-state index contributed by atoms with van der Waals surface area (Å²) in [6, 6.07) is -0.835. The van der Waals surface area contributed by atoms with Crippen molar-refractivity contribution in [2.75, 3.05) is 13.2 Å². The molecule has 506 valence electrons. The van der Waals surface area contributed by atoms with Crippen LogP contribution in [0, 0.1) is 0 Å². The Morgan fingerprint density at radius 3 is 1.09 bits per heavy atom. The number of hydrogen-bond donors (Lipinski definition) is 6. The van der Waals surface area contributed by atoms with Gasteiger partial charge >= 0.3 is 0 Å². The SMILES string of the molecule is CC/C=C\C/C=C\C/C=C\C/C=C\C/C=C\C/C=C\C/C=C\C/C=C\CCCCCCCCCCCCC(=O)NC(COC1OC(CO)C(O)C(O)C1O)C(O)/C=C/CC/C=C/CCCCCCCCCCCCCCCCCCCCCCCCCC. The molecule has 0 spiro atoms. The maximum atomic E-state index is 13.1. The first-order valence-corrected chi connectivity index (χ1v) is 36.8. The Labute approximate surface area is 541 Å². The molecule has 0 saturated carbocycles. The van der Waals surface area contributed by atoms with Gasteiger partial charge in [-0.2, -0.15) is 0 Å². The number of unbranched alkanes of at least 4 members (excludes halogenated alkanes) is 35. The largest absolute Gasteiger partial charge is 0.394 e. The molecule has 1 amide bonds. The fraction of sp³-hybridized carbons (Fsp3) is 0.734. The van der Waals surface area contributed by atoms with E-state index in [4.69, 9.17) is 9.47 Å². The lowest BCUT2D eigenvalue weighted by Crippen LogP contribution is -2.60. The van der Waals surface area contributed by atoms with E-state index in [1.54, 1.807) is 6.08 Å². The summed E-state index contributed by atoms with van der Waals surface area (Å²) in [6.45, 7) is 3.67. The summed E-state index contributed by atoms with van der Waals surface area (Å²) in [6.07, 6.45) is 93.1. The molecule has 9 heteroatoms. The Balaban J connectivity index is 2.16. The maximum Gasteiger partial charge on any atom is 0.220 e. The van der Waals surface area contributed by atoms with E-state index < -0.39 is 49.5 Å². The van der Waals surface area contributed by atoms with Gasteiger partial charge in [0.2, 0.25) is 5.91 Å². The number of allylic oxidation sites excluding steroid dienone is 19.